The normalized spacial score (nSPS) is 23.8. The lowest BCUT2D eigenvalue weighted by Crippen LogP contribution is -2.49. The number of imidazole rings is 1. The molecule has 3 saturated heterocycles. The highest BCUT2D eigenvalue weighted by molar-refractivity contribution is 5.88. The summed E-state index contributed by atoms with van der Waals surface area (Å²) in [7, 11) is 0. The number of aromatic nitrogens is 3. The first kappa shape index (κ1) is 24.8. The van der Waals surface area contributed by atoms with Crippen LogP contribution in [0.3, 0.4) is 0 Å². The van der Waals surface area contributed by atoms with E-state index in [1.807, 2.05) is 12.5 Å². The molecule has 4 fully saturated rings. The first-order valence-corrected chi connectivity index (χ1v) is 14.6. The molecule has 1 saturated carbocycles. The zero-order chi connectivity index (χ0) is 26.3. The van der Waals surface area contributed by atoms with E-state index in [9.17, 15) is 4.79 Å². The Labute approximate surface area is 229 Å². The SMILES string of the molecule is CC(Oc1cc(-c2ccc(N3CCC(N4CCOCC4)CC3)cn2)cc2ncn(C3CC3)c12)[C@H]1CNC(=O)C1. The molecule has 0 bridgehead atoms. The Morgan fingerprint density at radius 3 is 2.54 bits per heavy atom. The molecular weight excluding hydrogens is 492 g/mol. The van der Waals surface area contributed by atoms with Gasteiger partial charge in [0.25, 0.3) is 0 Å². The molecule has 1 unspecified atom stereocenters. The van der Waals surface area contributed by atoms with Crippen LogP contribution in [0.5, 0.6) is 5.75 Å². The molecule has 9 nitrogen and oxygen atoms in total. The Morgan fingerprint density at radius 2 is 1.85 bits per heavy atom. The van der Waals surface area contributed by atoms with Crippen LogP contribution < -0.4 is 15.0 Å². The van der Waals surface area contributed by atoms with Gasteiger partial charge in [0.2, 0.25) is 5.91 Å². The van der Waals surface area contributed by atoms with Gasteiger partial charge in [0.05, 0.1) is 42.6 Å². The molecule has 39 heavy (non-hydrogen) atoms. The van der Waals surface area contributed by atoms with Crippen LogP contribution in [-0.2, 0) is 9.53 Å². The van der Waals surface area contributed by atoms with Crippen LogP contribution >= 0.6 is 0 Å². The van der Waals surface area contributed by atoms with E-state index in [4.69, 9.17) is 19.4 Å². The average Bonchev–Trinajstić information content (AvgIpc) is 3.58. The molecule has 2 atom stereocenters. The third-order valence-electron chi connectivity index (χ3n) is 9.00. The van der Waals surface area contributed by atoms with Crippen LogP contribution in [-0.4, -0.2) is 83.4 Å². The van der Waals surface area contributed by atoms with Gasteiger partial charge in [-0.3, -0.25) is 14.7 Å². The van der Waals surface area contributed by atoms with E-state index >= 15 is 0 Å². The maximum Gasteiger partial charge on any atom is 0.220 e. The number of morpholine rings is 1. The van der Waals surface area contributed by atoms with E-state index in [0.717, 1.165) is 67.4 Å². The topological polar surface area (TPSA) is 84.8 Å². The summed E-state index contributed by atoms with van der Waals surface area (Å²) in [5.41, 5.74) is 5.08. The monoisotopic (exact) mass is 530 g/mol. The first-order valence-electron chi connectivity index (χ1n) is 14.6. The van der Waals surface area contributed by atoms with Gasteiger partial charge in [-0.2, -0.15) is 0 Å². The largest absolute Gasteiger partial charge is 0.488 e. The molecular formula is C30H38N6O3. The highest BCUT2D eigenvalue weighted by Crippen LogP contribution is 2.41. The quantitative estimate of drug-likeness (QED) is 0.499. The number of hydrogen-bond acceptors (Lipinski definition) is 7. The minimum absolute atomic E-state index is 0.0827. The molecule has 7 rings (SSSR count). The summed E-state index contributed by atoms with van der Waals surface area (Å²) in [6.07, 6.45) is 9.11. The predicted molar refractivity (Wildman–Crippen MR) is 150 cm³/mol. The van der Waals surface area contributed by atoms with Crippen LogP contribution in [0.4, 0.5) is 5.69 Å². The number of piperidine rings is 1. The molecule has 3 aromatic rings. The van der Waals surface area contributed by atoms with Crippen molar-refractivity contribution >= 4 is 22.6 Å². The summed E-state index contributed by atoms with van der Waals surface area (Å²) in [5, 5.41) is 2.94. The molecule has 2 aromatic heterocycles. The third-order valence-corrected chi connectivity index (χ3v) is 9.00. The fourth-order valence-electron chi connectivity index (χ4n) is 6.43. The van der Waals surface area contributed by atoms with Crippen molar-refractivity contribution in [3.05, 3.63) is 36.8 Å². The molecule has 1 amide bonds. The van der Waals surface area contributed by atoms with E-state index in [2.05, 4.69) is 50.9 Å². The lowest BCUT2D eigenvalue weighted by molar-refractivity contribution is -0.119. The number of nitrogens with one attached hydrogen (secondary N) is 1. The van der Waals surface area contributed by atoms with Crippen molar-refractivity contribution in [2.75, 3.05) is 50.8 Å². The lowest BCUT2D eigenvalue weighted by atomic mass is 10.0. The number of anilines is 1. The highest BCUT2D eigenvalue weighted by atomic mass is 16.5. The van der Waals surface area contributed by atoms with Gasteiger partial charge >= 0.3 is 0 Å². The van der Waals surface area contributed by atoms with E-state index in [1.165, 1.54) is 31.4 Å². The summed E-state index contributed by atoms with van der Waals surface area (Å²) >= 11 is 0. The van der Waals surface area contributed by atoms with E-state index < -0.39 is 0 Å². The fourth-order valence-corrected chi connectivity index (χ4v) is 6.43. The Bertz CT molecular complexity index is 1320. The van der Waals surface area contributed by atoms with Gasteiger partial charge in [-0.05, 0) is 56.9 Å². The van der Waals surface area contributed by atoms with Crippen molar-refractivity contribution in [2.24, 2.45) is 5.92 Å². The van der Waals surface area contributed by atoms with Gasteiger partial charge in [-0.25, -0.2) is 4.98 Å². The van der Waals surface area contributed by atoms with Gasteiger partial charge in [0.15, 0.2) is 0 Å². The molecule has 206 valence electrons. The minimum atomic E-state index is -0.0827. The van der Waals surface area contributed by atoms with Crippen LogP contribution in [0.2, 0.25) is 0 Å². The number of hydrogen-bond donors (Lipinski definition) is 1. The Morgan fingerprint density at radius 1 is 1.03 bits per heavy atom. The van der Waals surface area contributed by atoms with Crippen molar-refractivity contribution in [2.45, 2.75) is 57.2 Å². The minimum Gasteiger partial charge on any atom is -0.488 e. The Kier molecular flexibility index (Phi) is 6.64. The molecule has 1 aromatic carbocycles. The molecule has 5 heterocycles. The highest BCUT2D eigenvalue weighted by Gasteiger charge is 2.31. The summed E-state index contributed by atoms with van der Waals surface area (Å²) < 4.78 is 14.4. The van der Waals surface area contributed by atoms with E-state index in [1.54, 1.807) is 0 Å². The van der Waals surface area contributed by atoms with Gasteiger partial charge in [-0.15, -0.1) is 0 Å². The molecule has 9 heteroatoms. The molecule has 1 aliphatic carbocycles. The number of pyridine rings is 1. The number of fused-ring (bicyclic) bond motifs is 1. The zero-order valence-corrected chi connectivity index (χ0v) is 22.7. The zero-order valence-electron chi connectivity index (χ0n) is 22.7. The first-order chi connectivity index (χ1) is 19.1. The summed E-state index contributed by atoms with van der Waals surface area (Å²) in [4.78, 5) is 26.5. The number of carbonyl (C=O) groups excluding carboxylic acids is 1. The van der Waals surface area contributed by atoms with Crippen molar-refractivity contribution in [3.63, 3.8) is 0 Å². The van der Waals surface area contributed by atoms with Crippen molar-refractivity contribution in [1.29, 1.82) is 0 Å². The van der Waals surface area contributed by atoms with Crippen molar-refractivity contribution in [1.82, 2.24) is 24.8 Å². The van der Waals surface area contributed by atoms with Crippen LogP contribution in [0, 0.1) is 5.92 Å². The maximum atomic E-state index is 11.8. The standard InChI is InChI=1S/C30H38N6O3/c1-20(22-16-29(37)32-17-22)39-28-15-21(14-27-30(28)36(19-33-27)24-2-3-24)26-5-4-25(18-31-26)34-8-6-23(7-9-34)35-10-12-38-13-11-35/h4-5,14-15,18-20,22-24H,2-3,6-13,16-17H2,1H3,(H,32,37)/t20?,22-/m1/s1. The average molecular weight is 531 g/mol. The van der Waals surface area contributed by atoms with E-state index in [-0.39, 0.29) is 17.9 Å². The molecule has 4 aliphatic rings. The molecule has 0 spiro atoms. The number of carbonyl (C=O) groups is 1. The Balaban J connectivity index is 1.10. The van der Waals surface area contributed by atoms with Crippen LogP contribution in [0.15, 0.2) is 36.8 Å². The smallest absolute Gasteiger partial charge is 0.220 e. The fraction of sp³-hybridized carbons (Fsp3) is 0.567. The summed E-state index contributed by atoms with van der Waals surface area (Å²) in [6.45, 7) is 8.69. The van der Waals surface area contributed by atoms with Crippen molar-refractivity contribution in [3.8, 4) is 17.0 Å². The summed E-state index contributed by atoms with van der Waals surface area (Å²) in [6, 6.07) is 9.72. The number of rotatable bonds is 7. The van der Waals surface area contributed by atoms with Crippen molar-refractivity contribution < 1.29 is 14.3 Å². The third kappa shape index (κ3) is 5.10. The maximum absolute atomic E-state index is 11.8. The lowest BCUT2D eigenvalue weighted by Gasteiger charge is -2.40. The number of nitrogens with zero attached hydrogens (tertiary/aromatic N) is 5. The van der Waals surface area contributed by atoms with Gasteiger partial charge < -0.3 is 24.3 Å². The molecule has 1 N–H and O–H groups in total. The molecule has 3 aliphatic heterocycles. The number of amides is 1. The number of ether oxygens (including phenoxy) is 2. The van der Waals surface area contributed by atoms with Crippen LogP contribution in [0.25, 0.3) is 22.3 Å². The Hall–Kier alpha value is -3.17. The second-order valence-electron chi connectivity index (χ2n) is 11.6. The second kappa shape index (κ2) is 10.4. The van der Waals surface area contributed by atoms with Gasteiger partial charge in [-0.1, -0.05) is 0 Å². The summed E-state index contributed by atoms with van der Waals surface area (Å²) in [5.74, 6) is 1.10. The van der Waals surface area contributed by atoms with Crippen LogP contribution in [0.1, 0.15) is 45.1 Å². The van der Waals surface area contributed by atoms with Gasteiger partial charge in [0.1, 0.15) is 17.4 Å². The number of benzene rings is 1. The van der Waals surface area contributed by atoms with Gasteiger partial charge in [0, 0.05) is 62.7 Å². The second-order valence-corrected chi connectivity index (χ2v) is 11.6. The van der Waals surface area contributed by atoms with E-state index in [0.29, 0.717) is 25.0 Å². The predicted octanol–water partition coefficient (Wildman–Crippen LogP) is 3.64. The molecule has 0 radical (unpaired) electrons.